The van der Waals surface area contributed by atoms with Crippen molar-refractivity contribution in [3.63, 3.8) is 0 Å². The van der Waals surface area contributed by atoms with E-state index in [-0.39, 0.29) is 12.5 Å². The van der Waals surface area contributed by atoms with E-state index in [9.17, 15) is 4.79 Å². The Bertz CT molecular complexity index is 1660. The third-order valence-electron chi connectivity index (χ3n) is 6.99. The van der Waals surface area contributed by atoms with E-state index < -0.39 is 6.04 Å². The molecule has 5 aromatic rings. The van der Waals surface area contributed by atoms with Gasteiger partial charge in [0.15, 0.2) is 18.1 Å². The fourth-order valence-corrected chi connectivity index (χ4v) is 5.33. The molecule has 0 radical (unpaired) electrons. The molecule has 3 aromatic carbocycles. The molecule has 0 saturated carbocycles. The van der Waals surface area contributed by atoms with Crippen LogP contribution in [0.3, 0.4) is 0 Å². The van der Waals surface area contributed by atoms with E-state index in [1.54, 1.807) is 14.2 Å². The average molecular weight is 528 g/mol. The number of carbonyl (C=O) groups is 1. The van der Waals surface area contributed by atoms with E-state index in [1.807, 2.05) is 88.3 Å². The van der Waals surface area contributed by atoms with Crippen molar-refractivity contribution in [1.29, 1.82) is 0 Å². The van der Waals surface area contributed by atoms with Gasteiger partial charge in [-0.25, -0.2) is 4.98 Å². The maximum Gasteiger partial charge on any atom is 0.261 e. The van der Waals surface area contributed by atoms with Crippen LogP contribution in [0, 0.1) is 0 Å². The minimum absolute atomic E-state index is 0.0833. The largest absolute Gasteiger partial charge is 0.493 e. The predicted molar refractivity (Wildman–Crippen MR) is 146 cm³/mol. The third-order valence-corrected chi connectivity index (χ3v) is 7.22. The van der Waals surface area contributed by atoms with Crippen LogP contribution in [0.5, 0.6) is 17.2 Å². The molecule has 0 spiro atoms. The highest BCUT2D eigenvalue weighted by Gasteiger charge is 2.36. The smallest absolute Gasteiger partial charge is 0.261 e. The van der Waals surface area contributed by atoms with Gasteiger partial charge in [-0.1, -0.05) is 48.0 Å². The van der Waals surface area contributed by atoms with Crippen LogP contribution in [0.15, 0.2) is 79.0 Å². The number of amides is 1. The molecule has 6 rings (SSSR count). The number of hydrogen-bond donors (Lipinski definition) is 0. The van der Waals surface area contributed by atoms with Crippen molar-refractivity contribution in [1.82, 2.24) is 14.3 Å². The molecule has 192 valence electrons. The quantitative estimate of drug-likeness (QED) is 0.283. The molecular formula is C30H26ClN3O4. The van der Waals surface area contributed by atoms with Gasteiger partial charge < -0.3 is 23.5 Å². The van der Waals surface area contributed by atoms with E-state index in [4.69, 9.17) is 30.8 Å². The van der Waals surface area contributed by atoms with Crippen LogP contribution in [0.4, 0.5) is 0 Å². The Morgan fingerprint density at radius 2 is 1.79 bits per heavy atom. The number of halogens is 1. The maximum absolute atomic E-state index is 13.7. The zero-order valence-electron chi connectivity index (χ0n) is 21.1. The highest BCUT2D eigenvalue weighted by Crippen LogP contribution is 2.39. The summed E-state index contributed by atoms with van der Waals surface area (Å²) in [5.41, 5.74) is 3.50. The zero-order valence-corrected chi connectivity index (χ0v) is 21.8. The topological polar surface area (TPSA) is 65.3 Å². The first-order valence-corrected chi connectivity index (χ1v) is 12.7. The molecule has 3 heterocycles. The SMILES string of the molecule is COc1ccc(C2c3c(nc4cc(Cl)ccn34)CCN2C(=O)COc2ccc3ccccc3c2)cc1OC. The Morgan fingerprint density at radius 1 is 0.974 bits per heavy atom. The number of hydrogen-bond acceptors (Lipinski definition) is 5. The molecule has 38 heavy (non-hydrogen) atoms. The molecule has 0 saturated heterocycles. The van der Waals surface area contributed by atoms with Gasteiger partial charge in [0.2, 0.25) is 0 Å². The van der Waals surface area contributed by atoms with Crippen LogP contribution in [0.25, 0.3) is 16.4 Å². The Balaban J connectivity index is 1.37. The van der Waals surface area contributed by atoms with Crippen molar-refractivity contribution >= 4 is 33.9 Å². The van der Waals surface area contributed by atoms with Gasteiger partial charge in [-0.3, -0.25) is 4.79 Å². The normalized spacial score (nSPS) is 14.9. The van der Waals surface area contributed by atoms with Crippen molar-refractivity contribution in [2.24, 2.45) is 0 Å². The number of benzene rings is 3. The minimum atomic E-state index is -0.401. The number of ether oxygens (including phenoxy) is 3. The molecule has 0 aliphatic carbocycles. The Morgan fingerprint density at radius 3 is 2.61 bits per heavy atom. The summed E-state index contributed by atoms with van der Waals surface area (Å²) in [5, 5.41) is 2.79. The van der Waals surface area contributed by atoms with E-state index in [2.05, 4.69) is 0 Å². The lowest BCUT2D eigenvalue weighted by molar-refractivity contribution is -0.135. The lowest BCUT2D eigenvalue weighted by atomic mass is 9.95. The lowest BCUT2D eigenvalue weighted by Crippen LogP contribution is -2.43. The summed E-state index contributed by atoms with van der Waals surface area (Å²) in [6.45, 7) is 0.420. The number of fused-ring (bicyclic) bond motifs is 4. The summed E-state index contributed by atoms with van der Waals surface area (Å²) >= 11 is 6.26. The first-order chi connectivity index (χ1) is 18.6. The Hall–Kier alpha value is -4.23. The highest BCUT2D eigenvalue weighted by atomic mass is 35.5. The molecule has 1 amide bonds. The maximum atomic E-state index is 13.7. The summed E-state index contributed by atoms with van der Waals surface area (Å²) < 4.78 is 19.0. The average Bonchev–Trinajstić information content (AvgIpc) is 3.32. The van der Waals surface area contributed by atoms with Crippen LogP contribution in [0.2, 0.25) is 5.02 Å². The fourth-order valence-electron chi connectivity index (χ4n) is 5.18. The first kappa shape index (κ1) is 24.1. The van der Waals surface area contributed by atoms with Crippen molar-refractivity contribution in [2.75, 3.05) is 27.4 Å². The Kier molecular flexibility index (Phi) is 6.29. The van der Waals surface area contributed by atoms with Crippen LogP contribution in [0.1, 0.15) is 23.0 Å². The van der Waals surface area contributed by atoms with E-state index in [1.165, 1.54) is 0 Å². The molecule has 7 nitrogen and oxygen atoms in total. The molecule has 1 aliphatic heterocycles. The van der Waals surface area contributed by atoms with Crippen LogP contribution < -0.4 is 14.2 Å². The molecule has 1 atom stereocenters. The molecule has 1 aliphatic rings. The number of nitrogens with zero attached hydrogens (tertiary/aromatic N) is 3. The molecule has 8 heteroatoms. The van der Waals surface area contributed by atoms with Gasteiger partial charge in [-0.05, 0) is 46.7 Å². The Labute approximate surface area is 225 Å². The van der Waals surface area contributed by atoms with Crippen LogP contribution in [-0.4, -0.2) is 47.6 Å². The number of carbonyl (C=O) groups excluding carboxylic acids is 1. The van der Waals surface area contributed by atoms with E-state index >= 15 is 0 Å². The van der Waals surface area contributed by atoms with Gasteiger partial charge >= 0.3 is 0 Å². The number of aromatic nitrogens is 2. The molecule has 1 unspecified atom stereocenters. The third kappa shape index (κ3) is 4.29. The van der Waals surface area contributed by atoms with Crippen LogP contribution in [-0.2, 0) is 11.2 Å². The summed E-state index contributed by atoms with van der Waals surface area (Å²) in [6, 6.07) is 22.9. The summed E-state index contributed by atoms with van der Waals surface area (Å²) in [4.78, 5) is 20.4. The predicted octanol–water partition coefficient (Wildman–Crippen LogP) is 5.71. The molecular weight excluding hydrogens is 502 g/mol. The zero-order chi connectivity index (χ0) is 26.2. The highest BCUT2D eigenvalue weighted by molar-refractivity contribution is 6.30. The summed E-state index contributed by atoms with van der Waals surface area (Å²) in [7, 11) is 3.20. The molecule has 0 fully saturated rings. The standard InChI is InChI=1S/C30H26ClN3O4/c1-36-25-10-8-21(16-26(25)37-2)29-30-24(32-27-17-22(31)11-13-33(27)30)12-14-34(29)28(35)18-38-23-9-7-19-5-3-4-6-20(19)15-23/h3-11,13,15-17,29H,12,14,18H2,1-2H3. The second-order valence-corrected chi connectivity index (χ2v) is 9.61. The number of pyridine rings is 1. The van der Waals surface area contributed by atoms with Crippen molar-refractivity contribution in [2.45, 2.75) is 12.5 Å². The van der Waals surface area contributed by atoms with Gasteiger partial charge in [0, 0.05) is 30.3 Å². The second kappa shape index (κ2) is 9.91. The van der Waals surface area contributed by atoms with Gasteiger partial charge in [0.25, 0.3) is 5.91 Å². The second-order valence-electron chi connectivity index (χ2n) is 9.17. The molecule has 2 aromatic heterocycles. The number of rotatable bonds is 6. The fraction of sp³-hybridized carbons (Fsp3) is 0.200. The molecule has 0 bridgehead atoms. The van der Waals surface area contributed by atoms with Gasteiger partial charge in [0.05, 0.1) is 31.6 Å². The van der Waals surface area contributed by atoms with Crippen molar-refractivity contribution in [3.8, 4) is 17.2 Å². The number of methoxy groups -OCH3 is 2. The monoisotopic (exact) mass is 527 g/mol. The lowest BCUT2D eigenvalue weighted by Gasteiger charge is -2.36. The van der Waals surface area contributed by atoms with Crippen LogP contribution >= 0.6 is 11.6 Å². The van der Waals surface area contributed by atoms with E-state index in [0.29, 0.717) is 35.2 Å². The van der Waals surface area contributed by atoms with Gasteiger partial charge in [-0.15, -0.1) is 0 Å². The van der Waals surface area contributed by atoms with E-state index in [0.717, 1.165) is 33.4 Å². The summed E-state index contributed by atoms with van der Waals surface area (Å²) in [5.74, 6) is 1.75. The minimum Gasteiger partial charge on any atom is -0.493 e. The van der Waals surface area contributed by atoms with Gasteiger partial charge in [0.1, 0.15) is 11.4 Å². The molecule has 0 N–H and O–H groups in total. The number of imidazole rings is 1. The van der Waals surface area contributed by atoms with Crippen molar-refractivity contribution in [3.05, 3.63) is 101 Å². The summed E-state index contributed by atoms with van der Waals surface area (Å²) in [6.07, 6.45) is 2.52. The van der Waals surface area contributed by atoms with Gasteiger partial charge in [-0.2, -0.15) is 0 Å². The first-order valence-electron chi connectivity index (χ1n) is 12.3. The van der Waals surface area contributed by atoms with Crippen molar-refractivity contribution < 1.29 is 19.0 Å².